The number of nitro groups is 1. The van der Waals surface area contributed by atoms with E-state index in [1.54, 1.807) is 6.07 Å². The lowest BCUT2D eigenvalue weighted by atomic mass is 10.2. The highest BCUT2D eigenvalue weighted by molar-refractivity contribution is 9.11. The summed E-state index contributed by atoms with van der Waals surface area (Å²) in [7, 11) is 0. The van der Waals surface area contributed by atoms with Crippen LogP contribution in [-0.2, 0) is 6.54 Å². The first-order valence-corrected chi connectivity index (χ1v) is 7.49. The first-order chi connectivity index (χ1) is 9.49. The van der Waals surface area contributed by atoms with Gasteiger partial charge in [0.2, 0.25) is 0 Å². The lowest BCUT2D eigenvalue weighted by Crippen LogP contribution is -2.02. The van der Waals surface area contributed by atoms with Crippen molar-refractivity contribution in [3.63, 3.8) is 0 Å². The van der Waals surface area contributed by atoms with Crippen molar-refractivity contribution >= 4 is 43.2 Å². The Kier molecular flexibility index (Phi) is 4.77. The number of halogens is 2. The Morgan fingerprint density at radius 2 is 2.00 bits per heavy atom. The average Bonchev–Trinajstić information content (AvgIpc) is 2.41. The molecule has 0 saturated carbocycles. The van der Waals surface area contributed by atoms with E-state index in [-0.39, 0.29) is 5.69 Å². The van der Waals surface area contributed by atoms with Gasteiger partial charge in [0.1, 0.15) is 4.47 Å². The molecule has 0 aliphatic heterocycles. The van der Waals surface area contributed by atoms with Crippen LogP contribution >= 0.6 is 31.9 Å². The van der Waals surface area contributed by atoms with Crippen molar-refractivity contribution in [1.29, 1.82) is 0 Å². The number of aryl methyl sites for hydroxylation is 1. The first-order valence-electron chi connectivity index (χ1n) is 5.91. The van der Waals surface area contributed by atoms with E-state index < -0.39 is 4.92 Å². The number of anilines is 1. The molecular weight excluding hydrogens is 388 g/mol. The lowest BCUT2D eigenvalue weighted by Gasteiger charge is -2.09. The van der Waals surface area contributed by atoms with Gasteiger partial charge in [-0.05, 0) is 46.1 Å². The SMILES string of the molecule is Cc1ccc(NCc2cccc([N+](=O)[O-])c2Br)cc1Br. The molecule has 0 heterocycles. The van der Waals surface area contributed by atoms with Crippen LogP contribution in [0.2, 0.25) is 0 Å². The van der Waals surface area contributed by atoms with Crippen LogP contribution in [0.4, 0.5) is 11.4 Å². The van der Waals surface area contributed by atoms with Gasteiger partial charge < -0.3 is 5.32 Å². The van der Waals surface area contributed by atoms with Crippen molar-refractivity contribution in [1.82, 2.24) is 0 Å². The van der Waals surface area contributed by atoms with Gasteiger partial charge in [-0.1, -0.05) is 34.1 Å². The van der Waals surface area contributed by atoms with E-state index in [0.717, 1.165) is 21.3 Å². The molecule has 0 bridgehead atoms. The highest BCUT2D eigenvalue weighted by Crippen LogP contribution is 2.29. The van der Waals surface area contributed by atoms with Crippen LogP contribution in [0, 0.1) is 17.0 Å². The van der Waals surface area contributed by atoms with Crippen LogP contribution in [-0.4, -0.2) is 4.92 Å². The Morgan fingerprint density at radius 3 is 2.65 bits per heavy atom. The molecule has 4 nitrogen and oxygen atoms in total. The number of nitrogens with zero attached hydrogens (tertiary/aromatic N) is 1. The second kappa shape index (κ2) is 6.37. The third-order valence-corrected chi connectivity index (χ3v) is 4.68. The fourth-order valence-electron chi connectivity index (χ4n) is 1.74. The molecule has 0 radical (unpaired) electrons. The standard InChI is InChI=1S/C14H12Br2N2O2/c1-9-5-6-11(7-12(9)15)17-8-10-3-2-4-13(14(10)16)18(19)20/h2-7,17H,8H2,1H3. The van der Waals surface area contributed by atoms with Gasteiger partial charge in [0.25, 0.3) is 5.69 Å². The van der Waals surface area contributed by atoms with Crippen molar-refractivity contribution in [3.8, 4) is 0 Å². The van der Waals surface area contributed by atoms with Crippen molar-refractivity contribution in [2.75, 3.05) is 5.32 Å². The molecule has 0 aromatic heterocycles. The first kappa shape index (κ1) is 15.0. The minimum absolute atomic E-state index is 0.0781. The molecule has 0 fully saturated rings. The fraction of sp³-hybridized carbons (Fsp3) is 0.143. The Hall–Kier alpha value is -1.40. The van der Waals surface area contributed by atoms with E-state index in [1.807, 2.05) is 31.2 Å². The van der Waals surface area contributed by atoms with Crippen molar-refractivity contribution < 1.29 is 4.92 Å². The zero-order chi connectivity index (χ0) is 14.7. The van der Waals surface area contributed by atoms with Crippen LogP contribution in [0.15, 0.2) is 45.3 Å². The van der Waals surface area contributed by atoms with E-state index in [0.29, 0.717) is 11.0 Å². The quantitative estimate of drug-likeness (QED) is 0.578. The molecule has 20 heavy (non-hydrogen) atoms. The fourth-order valence-corrected chi connectivity index (χ4v) is 2.67. The molecule has 2 aromatic rings. The summed E-state index contributed by atoms with van der Waals surface area (Å²) in [6.45, 7) is 2.53. The molecule has 0 saturated heterocycles. The molecule has 6 heteroatoms. The Bertz CT molecular complexity index is 660. The van der Waals surface area contributed by atoms with Crippen LogP contribution in [0.1, 0.15) is 11.1 Å². The second-order valence-corrected chi connectivity index (χ2v) is 5.97. The number of benzene rings is 2. The number of hydrogen-bond acceptors (Lipinski definition) is 3. The van der Waals surface area contributed by atoms with E-state index in [9.17, 15) is 10.1 Å². The lowest BCUT2D eigenvalue weighted by molar-refractivity contribution is -0.385. The molecular formula is C14H12Br2N2O2. The second-order valence-electron chi connectivity index (χ2n) is 4.32. The van der Waals surface area contributed by atoms with E-state index in [1.165, 1.54) is 6.07 Å². The van der Waals surface area contributed by atoms with Gasteiger partial charge in [-0.2, -0.15) is 0 Å². The smallest absolute Gasteiger partial charge is 0.283 e. The van der Waals surface area contributed by atoms with Gasteiger partial charge in [-0.15, -0.1) is 0 Å². The predicted octanol–water partition coefficient (Wildman–Crippen LogP) is 5.04. The van der Waals surface area contributed by atoms with Gasteiger partial charge >= 0.3 is 0 Å². The summed E-state index contributed by atoms with van der Waals surface area (Å²) in [4.78, 5) is 10.5. The number of nitro benzene ring substituents is 1. The summed E-state index contributed by atoms with van der Waals surface area (Å²) < 4.78 is 1.55. The van der Waals surface area contributed by atoms with E-state index >= 15 is 0 Å². The van der Waals surface area contributed by atoms with Crippen LogP contribution in [0.25, 0.3) is 0 Å². The molecule has 0 spiro atoms. The largest absolute Gasteiger partial charge is 0.381 e. The number of hydrogen-bond donors (Lipinski definition) is 1. The van der Waals surface area contributed by atoms with Crippen LogP contribution in [0.5, 0.6) is 0 Å². The maximum Gasteiger partial charge on any atom is 0.283 e. The number of rotatable bonds is 4. The van der Waals surface area contributed by atoms with Crippen molar-refractivity contribution in [2.45, 2.75) is 13.5 Å². The zero-order valence-electron chi connectivity index (χ0n) is 10.7. The molecule has 2 aromatic carbocycles. The van der Waals surface area contributed by atoms with Gasteiger partial charge in [-0.3, -0.25) is 10.1 Å². The van der Waals surface area contributed by atoms with Gasteiger partial charge in [0.15, 0.2) is 0 Å². The normalized spacial score (nSPS) is 10.3. The average molecular weight is 400 g/mol. The maximum atomic E-state index is 10.9. The Labute approximate surface area is 133 Å². The molecule has 1 N–H and O–H groups in total. The summed E-state index contributed by atoms with van der Waals surface area (Å²) in [5.74, 6) is 0. The van der Waals surface area contributed by atoms with E-state index in [4.69, 9.17) is 0 Å². The summed E-state index contributed by atoms with van der Waals surface area (Å²) in [5, 5.41) is 14.1. The monoisotopic (exact) mass is 398 g/mol. The molecule has 0 atom stereocenters. The van der Waals surface area contributed by atoms with Gasteiger partial charge in [-0.25, -0.2) is 0 Å². The summed E-state index contributed by atoms with van der Waals surface area (Å²) in [6, 6.07) is 11.0. The topological polar surface area (TPSA) is 55.2 Å². The summed E-state index contributed by atoms with van der Waals surface area (Å²) in [5.41, 5.74) is 3.04. The van der Waals surface area contributed by atoms with Crippen LogP contribution < -0.4 is 5.32 Å². The molecule has 0 aliphatic carbocycles. The maximum absolute atomic E-state index is 10.9. The Balaban J connectivity index is 2.17. The predicted molar refractivity (Wildman–Crippen MR) is 87.0 cm³/mol. The third kappa shape index (κ3) is 3.37. The van der Waals surface area contributed by atoms with Crippen LogP contribution in [0.3, 0.4) is 0 Å². The van der Waals surface area contributed by atoms with E-state index in [2.05, 4.69) is 37.2 Å². The molecule has 0 unspecified atom stereocenters. The van der Waals surface area contributed by atoms with Gasteiger partial charge in [0.05, 0.1) is 4.92 Å². The minimum Gasteiger partial charge on any atom is -0.381 e. The third-order valence-electron chi connectivity index (χ3n) is 2.91. The Morgan fingerprint density at radius 1 is 1.25 bits per heavy atom. The summed E-state index contributed by atoms with van der Waals surface area (Å²) in [6.07, 6.45) is 0. The highest BCUT2D eigenvalue weighted by atomic mass is 79.9. The zero-order valence-corrected chi connectivity index (χ0v) is 13.9. The molecule has 0 aliphatic rings. The molecule has 2 rings (SSSR count). The molecule has 104 valence electrons. The highest BCUT2D eigenvalue weighted by Gasteiger charge is 2.14. The van der Waals surface area contributed by atoms with Crippen molar-refractivity contribution in [2.24, 2.45) is 0 Å². The summed E-state index contributed by atoms with van der Waals surface area (Å²) >= 11 is 6.77. The molecule has 0 amide bonds. The van der Waals surface area contributed by atoms with Crippen molar-refractivity contribution in [3.05, 3.63) is 66.6 Å². The number of nitrogens with one attached hydrogen (secondary N) is 1. The minimum atomic E-state index is -0.393. The van der Waals surface area contributed by atoms with Gasteiger partial charge in [0, 0.05) is 22.8 Å².